The largest absolute Gasteiger partial charge is 0.301 e. The van der Waals surface area contributed by atoms with Crippen molar-refractivity contribution in [2.45, 2.75) is 76.8 Å². The molecule has 0 aliphatic carbocycles. The standard InChI is InChI=1S/2C9H18N2/c1-7(2)11-6-8-4-9(11)5-10(8)3;1-7(2)11-5-8-4-9(6-11)10(8)3/h2*7-9H,4-6H2,1-3H3. The van der Waals surface area contributed by atoms with Crippen molar-refractivity contribution in [3.8, 4) is 0 Å². The van der Waals surface area contributed by atoms with Crippen LogP contribution in [-0.4, -0.2) is 96.1 Å². The molecular formula is C18H36N4. The summed E-state index contributed by atoms with van der Waals surface area (Å²) in [6.45, 7) is 14.4. The minimum atomic E-state index is 0.744. The number of fused-ring (bicyclic) bond motifs is 4. The van der Waals surface area contributed by atoms with Crippen molar-refractivity contribution in [1.29, 1.82) is 0 Å². The second-order valence-electron chi connectivity index (χ2n) is 8.53. The number of rotatable bonds is 2. The first-order valence-corrected chi connectivity index (χ1v) is 9.28. The average molecular weight is 309 g/mol. The van der Waals surface area contributed by atoms with Crippen LogP contribution < -0.4 is 0 Å². The van der Waals surface area contributed by atoms with Crippen LogP contribution >= 0.6 is 0 Å². The normalized spacial score (nSPS) is 39.3. The fraction of sp³-hybridized carbons (Fsp3) is 1.00. The molecule has 5 saturated heterocycles. The molecule has 5 aliphatic rings. The van der Waals surface area contributed by atoms with E-state index in [1.54, 1.807) is 0 Å². The van der Waals surface area contributed by atoms with Crippen molar-refractivity contribution in [3.05, 3.63) is 0 Å². The van der Waals surface area contributed by atoms with Crippen LogP contribution in [0.15, 0.2) is 0 Å². The molecule has 4 atom stereocenters. The Morgan fingerprint density at radius 2 is 1.27 bits per heavy atom. The first-order valence-electron chi connectivity index (χ1n) is 9.28. The topological polar surface area (TPSA) is 13.0 Å². The monoisotopic (exact) mass is 308 g/mol. The van der Waals surface area contributed by atoms with Gasteiger partial charge in [-0.15, -0.1) is 0 Å². The molecule has 0 aromatic heterocycles. The number of piperidine rings is 1. The summed E-state index contributed by atoms with van der Waals surface area (Å²) in [5.41, 5.74) is 0. The van der Waals surface area contributed by atoms with Gasteiger partial charge < -0.3 is 4.90 Å². The Balaban J connectivity index is 0.000000131. The maximum atomic E-state index is 2.64. The molecule has 0 spiro atoms. The highest BCUT2D eigenvalue weighted by atomic mass is 15.4. The molecule has 128 valence electrons. The summed E-state index contributed by atoms with van der Waals surface area (Å²) < 4.78 is 0. The van der Waals surface area contributed by atoms with Gasteiger partial charge in [-0.2, -0.15) is 0 Å². The van der Waals surface area contributed by atoms with Crippen LogP contribution in [0.3, 0.4) is 0 Å². The van der Waals surface area contributed by atoms with Crippen molar-refractivity contribution in [2.75, 3.05) is 40.3 Å². The van der Waals surface area contributed by atoms with Crippen LogP contribution in [0.25, 0.3) is 0 Å². The van der Waals surface area contributed by atoms with E-state index in [0.29, 0.717) is 0 Å². The lowest BCUT2D eigenvalue weighted by Crippen LogP contribution is -2.67. The molecule has 4 heteroatoms. The molecule has 5 rings (SSSR count). The molecule has 4 nitrogen and oxygen atoms in total. The molecule has 22 heavy (non-hydrogen) atoms. The third kappa shape index (κ3) is 3.08. The number of nitrogens with zero attached hydrogens (tertiary/aromatic N) is 4. The lowest BCUT2D eigenvalue weighted by Gasteiger charge is -2.56. The maximum absolute atomic E-state index is 2.64. The first-order chi connectivity index (χ1) is 10.4. The van der Waals surface area contributed by atoms with Crippen LogP contribution in [0.5, 0.6) is 0 Å². The van der Waals surface area contributed by atoms with Crippen molar-refractivity contribution in [1.82, 2.24) is 19.6 Å². The Kier molecular flexibility index (Phi) is 4.84. The second kappa shape index (κ2) is 6.39. The van der Waals surface area contributed by atoms with Crippen LogP contribution in [0.1, 0.15) is 40.5 Å². The highest BCUT2D eigenvalue weighted by Gasteiger charge is 2.43. The summed E-state index contributed by atoms with van der Waals surface area (Å²) in [5.74, 6) is 0. The van der Waals surface area contributed by atoms with Gasteiger partial charge in [-0.25, -0.2) is 0 Å². The summed E-state index contributed by atoms with van der Waals surface area (Å²) in [4.78, 5) is 10.3. The fourth-order valence-electron chi connectivity index (χ4n) is 4.78. The van der Waals surface area contributed by atoms with Gasteiger partial charge in [0, 0.05) is 62.4 Å². The first kappa shape index (κ1) is 16.7. The molecule has 5 heterocycles. The quantitative estimate of drug-likeness (QED) is 0.767. The third-order valence-corrected chi connectivity index (χ3v) is 6.54. The summed E-state index contributed by atoms with van der Waals surface area (Å²) in [5, 5.41) is 0. The molecule has 5 fully saturated rings. The van der Waals surface area contributed by atoms with Crippen LogP contribution in [0.2, 0.25) is 0 Å². The molecule has 4 unspecified atom stereocenters. The van der Waals surface area contributed by atoms with Gasteiger partial charge in [0.15, 0.2) is 0 Å². The molecule has 0 saturated carbocycles. The van der Waals surface area contributed by atoms with Crippen molar-refractivity contribution in [3.63, 3.8) is 0 Å². The number of likely N-dealkylation sites (N-methyl/N-ethyl adjacent to an activating group) is 2. The molecule has 5 aliphatic heterocycles. The molecule has 4 bridgehead atoms. The zero-order valence-corrected chi connectivity index (χ0v) is 15.5. The van der Waals surface area contributed by atoms with Crippen molar-refractivity contribution >= 4 is 0 Å². The smallest absolute Gasteiger partial charge is 0.0241 e. The summed E-state index contributed by atoms with van der Waals surface area (Å²) >= 11 is 0. The Labute approximate surface area is 137 Å². The average Bonchev–Trinajstić information content (AvgIpc) is 3.06. The van der Waals surface area contributed by atoms with E-state index in [0.717, 1.165) is 36.3 Å². The lowest BCUT2D eigenvalue weighted by molar-refractivity contribution is -0.0605. The van der Waals surface area contributed by atoms with E-state index < -0.39 is 0 Å². The molecule has 0 aromatic rings. The maximum Gasteiger partial charge on any atom is 0.0241 e. The van der Waals surface area contributed by atoms with Gasteiger partial charge in [-0.05, 0) is 54.6 Å². The number of likely N-dealkylation sites (tertiary alicyclic amines) is 2. The van der Waals surface area contributed by atoms with Gasteiger partial charge in [0.2, 0.25) is 0 Å². The zero-order chi connectivity index (χ0) is 16.0. The van der Waals surface area contributed by atoms with Gasteiger partial charge in [-0.1, -0.05) is 0 Å². The Hall–Kier alpha value is -0.160. The predicted octanol–water partition coefficient (Wildman–Crippen LogP) is 1.57. The van der Waals surface area contributed by atoms with Crippen LogP contribution in [0.4, 0.5) is 0 Å². The summed E-state index contributed by atoms with van der Waals surface area (Å²) in [7, 11) is 4.51. The van der Waals surface area contributed by atoms with Gasteiger partial charge in [0.25, 0.3) is 0 Å². The number of hydrogen-bond donors (Lipinski definition) is 0. The van der Waals surface area contributed by atoms with E-state index in [2.05, 4.69) is 61.4 Å². The Morgan fingerprint density at radius 1 is 0.682 bits per heavy atom. The van der Waals surface area contributed by atoms with E-state index in [-0.39, 0.29) is 0 Å². The fourth-order valence-corrected chi connectivity index (χ4v) is 4.78. The highest BCUT2D eigenvalue weighted by Crippen LogP contribution is 2.31. The van der Waals surface area contributed by atoms with E-state index in [1.807, 2.05) is 0 Å². The van der Waals surface area contributed by atoms with Crippen molar-refractivity contribution in [2.24, 2.45) is 0 Å². The van der Waals surface area contributed by atoms with Crippen LogP contribution in [0, 0.1) is 0 Å². The molecule has 0 amide bonds. The molecule has 0 N–H and O–H groups in total. The SMILES string of the molecule is CC(C)N1CC2CC(C1)N2C.CC(C)N1CC2CC1CN2C. The highest BCUT2D eigenvalue weighted by molar-refractivity contribution is 5.00. The van der Waals surface area contributed by atoms with Gasteiger partial charge in [-0.3, -0.25) is 14.7 Å². The summed E-state index contributed by atoms with van der Waals surface area (Å²) in [6.07, 6.45) is 2.86. The van der Waals surface area contributed by atoms with Gasteiger partial charge in [0.05, 0.1) is 0 Å². The number of piperazine rings is 2. The predicted molar refractivity (Wildman–Crippen MR) is 93.3 cm³/mol. The second-order valence-corrected chi connectivity index (χ2v) is 8.53. The van der Waals surface area contributed by atoms with E-state index >= 15 is 0 Å². The minimum absolute atomic E-state index is 0.744. The van der Waals surface area contributed by atoms with Gasteiger partial charge in [0.1, 0.15) is 0 Å². The van der Waals surface area contributed by atoms with E-state index in [9.17, 15) is 0 Å². The minimum Gasteiger partial charge on any atom is -0.301 e. The third-order valence-electron chi connectivity index (χ3n) is 6.54. The molecule has 0 radical (unpaired) electrons. The van der Waals surface area contributed by atoms with Gasteiger partial charge >= 0.3 is 0 Å². The van der Waals surface area contributed by atoms with E-state index in [1.165, 1.54) is 39.0 Å². The Morgan fingerprint density at radius 3 is 1.64 bits per heavy atom. The zero-order valence-electron chi connectivity index (χ0n) is 15.5. The molecular weight excluding hydrogens is 272 g/mol. The lowest BCUT2D eigenvalue weighted by atomic mass is 9.88. The van der Waals surface area contributed by atoms with Crippen LogP contribution in [-0.2, 0) is 0 Å². The number of hydrogen-bond acceptors (Lipinski definition) is 4. The van der Waals surface area contributed by atoms with Crippen molar-refractivity contribution < 1.29 is 0 Å². The molecule has 0 aromatic carbocycles. The van der Waals surface area contributed by atoms with E-state index in [4.69, 9.17) is 0 Å². The summed E-state index contributed by atoms with van der Waals surface area (Å²) in [6, 6.07) is 4.97. The Bertz CT molecular complexity index is 369.